The minimum Gasteiger partial charge on any atom is -0.480 e. The molecule has 5 amide bonds. The highest BCUT2D eigenvalue weighted by atomic mass is 16.7. The molecule has 0 spiro atoms. The number of amides is 5. The number of carbonyl (C=O) groups is 7. The summed E-state index contributed by atoms with van der Waals surface area (Å²) in [4.78, 5) is 86.2. The van der Waals surface area contributed by atoms with Gasteiger partial charge < -0.3 is 24.7 Å². The quantitative estimate of drug-likeness (QED) is 0.213. The van der Waals surface area contributed by atoms with E-state index in [4.69, 9.17) is 9.47 Å². The van der Waals surface area contributed by atoms with Gasteiger partial charge in [-0.3, -0.25) is 28.9 Å². The van der Waals surface area contributed by atoms with E-state index in [1.165, 1.54) is 0 Å². The van der Waals surface area contributed by atoms with Crippen molar-refractivity contribution < 1.29 is 53.0 Å². The minimum absolute atomic E-state index is 0.0122. The second kappa shape index (κ2) is 12.6. The second-order valence-corrected chi connectivity index (χ2v) is 7.09. The Balaban J connectivity index is 1.51. The van der Waals surface area contributed by atoms with Crippen molar-refractivity contribution in [3.8, 4) is 0 Å². The van der Waals surface area contributed by atoms with E-state index in [2.05, 4.69) is 10.2 Å². The molecule has 0 aliphatic carbocycles. The van der Waals surface area contributed by atoms with Crippen molar-refractivity contribution in [1.29, 1.82) is 0 Å². The van der Waals surface area contributed by atoms with Crippen LogP contribution in [0.1, 0.15) is 38.5 Å². The lowest BCUT2D eigenvalue weighted by molar-refractivity contribution is -0.198. The third-order valence-electron chi connectivity index (χ3n) is 4.66. The number of carboxylic acids is 1. The zero-order valence-corrected chi connectivity index (χ0v) is 17.8. The summed E-state index contributed by atoms with van der Waals surface area (Å²) in [6, 6.07) is -1.55. The highest BCUT2D eigenvalue weighted by Crippen LogP contribution is 2.18. The Bertz CT molecular complexity index is 781. The molecule has 2 fully saturated rings. The maximum atomic E-state index is 11.9. The summed E-state index contributed by atoms with van der Waals surface area (Å²) in [5.41, 5.74) is 0. The van der Waals surface area contributed by atoms with Crippen LogP contribution in [0.25, 0.3) is 0 Å². The van der Waals surface area contributed by atoms with Gasteiger partial charge in [0.05, 0.1) is 39.3 Å². The number of hydrogen-bond acceptors (Lipinski definition) is 10. The van der Waals surface area contributed by atoms with E-state index in [0.717, 1.165) is 0 Å². The number of carboxylic acid groups (broad SMARTS) is 1. The highest BCUT2D eigenvalue weighted by molar-refractivity contribution is 6.05. The van der Waals surface area contributed by atoms with Crippen LogP contribution in [0.3, 0.4) is 0 Å². The van der Waals surface area contributed by atoms with E-state index >= 15 is 0 Å². The number of rotatable bonds is 14. The molecule has 0 saturated carbocycles. The zero-order valence-electron chi connectivity index (χ0n) is 17.8. The molecule has 2 heterocycles. The molecule has 2 saturated heterocycles. The maximum absolute atomic E-state index is 11.9. The number of imide groups is 2. The molecule has 0 aromatic carbocycles. The average Bonchev–Trinajstić information content (AvgIpc) is 3.26. The van der Waals surface area contributed by atoms with E-state index in [1.807, 2.05) is 0 Å². The molecule has 0 bridgehead atoms. The number of carbonyl (C=O) groups excluding carboxylic acids is 6. The molecule has 0 aromatic heterocycles. The van der Waals surface area contributed by atoms with Crippen LogP contribution in [-0.2, 0) is 47.9 Å². The van der Waals surface area contributed by atoms with Crippen molar-refractivity contribution in [3.05, 3.63) is 0 Å². The Hall–Kier alpha value is -3.39. The number of aliphatic carboxylic acids is 1. The number of hydroxylamine groups is 2. The van der Waals surface area contributed by atoms with Crippen LogP contribution in [0.15, 0.2) is 0 Å². The van der Waals surface area contributed by atoms with Crippen molar-refractivity contribution in [3.63, 3.8) is 0 Å². The normalized spacial score (nSPS) is 17.0. The van der Waals surface area contributed by atoms with Crippen molar-refractivity contribution in [1.82, 2.24) is 15.3 Å². The third-order valence-corrected chi connectivity index (χ3v) is 4.66. The van der Waals surface area contributed by atoms with Gasteiger partial charge in [-0.1, -0.05) is 0 Å². The highest BCUT2D eigenvalue weighted by Gasteiger charge is 2.39. The fourth-order valence-electron chi connectivity index (χ4n) is 3.02. The number of hydrogen-bond donors (Lipinski definition) is 2. The predicted octanol–water partition coefficient (Wildman–Crippen LogP) is -1.87. The van der Waals surface area contributed by atoms with Gasteiger partial charge in [-0.05, 0) is 0 Å². The monoisotopic (exact) mass is 471 g/mol. The van der Waals surface area contributed by atoms with E-state index in [9.17, 15) is 38.7 Å². The Labute approximate surface area is 188 Å². The van der Waals surface area contributed by atoms with E-state index in [-0.39, 0.29) is 65.1 Å². The molecule has 1 unspecified atom stereocenters. The summed E-state index contributed by atoms with van der Waals surface area (Å²) < 4.78 is 10.4. The first kappa shape index (κ1) is 25.9. The smallest absolute Gasteiger partial charge is 0.335 e. The zero-order chi connectivity index (χ0) is 24.4. The molecule has 0 aromatic rings. The van der Waals surface area contributed by atoms with Gasteiger partial charge in [0.2, 0.25) is 17.7 Å². The van der Waals surface area contributed by atoms with Crippen molar-refractivity contribution >= 4 is 41.5 Å². The lowest BCUT2D eigenvalue weighted by Crippen LogP contribution is -2.47. The Morgan fingerprint density at radius 1 is 0.848 bits per heavy atom. The van der Waals surface area contributed by atoms with Gasteiger partial charge >= 0.3 is 11.9 Å². The summed E-state index contributed by atoms with van der Waals surface area (Å²) in [6.07, 6.45) is -0.838. The standard InChI is InChI=1S/C19H25N3O11/c23-13(11-12(19(29)30)21-14(24)1-2-15(21)25)20-6-8-32-10-9-31-7-5-18(28)33-22-16(26)3-4-17(22)27/h12H,1-11H2,(H,20,23)(H,29,30). The van der Waals surface area contributed by atoms with Crippen molar-refractivity contribution in [2.24, 2.45) is 0 Å². The van der Waals surface area contributed by atoms with Gasteiger partial charge in [0.15, 0.2) is 0 Å². The molecular weight excluding hydrogens is 446 g/mol. The molecular formula is C19H25N3O11. The molecule has 2 aliphatic heterocycles. The van der Waals surface area contributed by atoms with Crippen LogP contribution in [0.2, 0.25) is 0 Å². The summed E-state index contributed by atoms with van der Waals surface area (Å²) in [5.74, 6) is -5.23. The second-order valence-electron chi connectivity index (χ2n) is 7.09. The molecule has 14 nitrogen and oxygen atoms in total. The first-order chi connectivity index (χ1) is 15.7. The fourth-order valence-corrected chi connectivity index (χ4v) is 3.02. The topological polar surface area (TPSA) is 186 Å². The lowest BCUT2D eigenvalue weighted by atomic mass is 10.1. The lowest BCUT2D eigenvalue weighted by Gasteiger charge is -2.21. The number of likely N-dealkylation sites (tertiary alicyclic amines) is 1. The van der Waals surface area contributed by atoms with Gasteiger partial charge in [0, 0.05) is 32.2 Å². The van der Waals surface area contributed by atoms with Crippen LogP contribution in [0.5, 0.6) is 0 Å². The molecule has 1 atom stereocenters. The molecule has 0 radical (unpaired) electrons. The summed E-state index contributed by atoms with van der Waals surface area (Å²) in [6.45, 7) is 0.415. The first-order valence-electron chi connectivity index (χ1n) is 10.3. The Morgan fingerprint density at radius 2 is 1.39 bits per heavy atom. The fraction of sp³-hybridized carbons (Fsp3) is 0.632. The van der Waals surface area contributed by atoms with E-state index in [1.54, 1.807) is 0 Å². The van der Waals surface area contributed by atoms with Gasteiger partial charge in [0.1, 0.15) is 6.04 Å². The number of ether oxygens (including phenoxy) is 2. The Morgan fingerprint density at radius 3 is 1.97 bits per heavy atom. The van der Waals surface area contributed by atoms with Crippen LogP contribution < -0.4 is 5.32 Å². The SMILES string of the molecule is O=C(CC(C(=O)O)N1C(=O)CCC1=O)NCCOCCOCCC(=O)ON1C(=O)CCC1=O. The molecule has 2 rings (SSSR count). The first-order valence-corrected chi connectivity index (χ1v) is 10.3. The number of nitrogens with one attached hydrogen (secondary N) is 1. The number of nitrogens with zero attached hydrogens (tertiary/aromatic N) is 2. The molecule has 182 valence electrons. The van der Waals surface area contributed by atoms with Gasteiger partial charge in [-0.2, -0.15) is 0 Å². The van der Waals surface area contributed by atoms with Gasteiger partial charge in [-0.15, -0.1) is 5.06 Å². The summed E-state index contributed by atoms with van der Waals surface area (Å²) in [7, 11) is 0. The van der Waals surface area contributed by atoms with E-state index < -0.39 is 53.9 Å². The average molecular weight is 471 g/mol. The molecule has 14 heteroatoms. The maximum Gasteiger partial charge on any atom is 0.335 e. The van der Waals surface area contributed by atoms with Crippen LogP contribution in [0, 0.1) is 0 Å². The van der Waals surface area contributed by atoms with Gasteiger partial charge in [0.25, 0.3) is 11.8 Å². The largest absolute Gasteiger partial charge is 0.480 e. The Kier molecular flexibility index (Phi) is 9.87. The molecule has 2 N–H and O–H groups in total. The summed E-state index contributed by atoms with van der Waals surface area (Å²) >= 11 is 0. The minimum atomic E-state index is -1.55. The van der Waals surface area contributed by atoms with Gasteiger partial charge in [-0.25, -0.2) is 9.59 Å². The molecule has 33 heavy (non-hydrogen) atoms. The predicted molar refractivity (Wildman–Crippen MR) is 104 cm³/mol. The summed E-state index contributed by atoms with van der Waals surface area (Å²) in [5, 5.41) is 12.1. The van der Waals surface area contributed by atoms with Crippen LogP contribution >= 0.6 is 0 Å². The third kappa shape index (κ3) is 7.91. The van der Waals surface area contributed by atoms with E-state index in [0.29, 0.717) is 9.96 Å². The van der Waals surface area contributed by atoms with Crippen LogP contribution in [0.4, 0.5) is 0 Å². The van der Waals surface area contributed by atoms with Crippen molar-refractivity contribution in [2.45, 2.75) is 44.6 Å². The van der Waals surface area contributed by atoms with Crippen LogP contribution in [-0.4, -0.2) is 95.6 Å². The molecule has 2 aliphatic rings. The van der Waals surface area contributed by atoms with Crippen molar-refractivity contribution in [2.75, 3.05) is 33.0 Å².